The molecule has 3 rings (SSSR count). The first-order valence-electron chi connectivity index (χ1n) is 7.67. The molecule has 0 saturated heterocycles. The second-order valence-corrected chi connectivity index (χ2v) is 6.09. The Labute approximate surface area is 149 Å². The maximum Gasteiger partial charge on any atom is 0.269 e. The van der Waals surface area contributed by atoms with Crippen LogP contribution in [0.1, 0.15) is 16.7 Å². The molecule has 1 heterocycles. The van der Waals surface area contributed by atoms with Gasteiger partial charge in [-0.2, -0.15) is 0 Å². The minimum atomic E-state index is -0.414. The maximum atomic E-state index is 13.8. The number of rotatable bonds is 5. The van der Waals surface area contributed by atoms with Crippen molar-refractivity contribution in [2.45, 2.75) is 13.0 Å². The molecule has 0 amide bonds. The normalized spacial score (nSPS) is 10.6. The molecule has 2 aromatic carbocycles. The van der Waals surface area contributed by atoms with E-state index in [1.165, 1.54) is 18.2 Å². The molecule has 0 fully saturated rings. The molecule has 0 unspecified atom stereocenters. The average molecular weight is 358 g/mol. The molecule has 1 aromatic heterocycles. The van der Waals surface area contributed by atoms with Gasteiger partial charge in [0.15, 0.2) is 18.9 Å². The highest BCUT2D eigenvalue weighted by Crippen LogP contribution is 2.18. The van der Waals surface area contributed by atoms with E-state index >= 15 is 0 Å². The highest BCUT2D eigenvalue weighted by atomic mass is 35.5. The van der Waals surface area contributed by atoms with E-state index in [1.807, 2.05) is 29.1 Å². The van der Waals surface area contributed by atoms with Crippen molar-refractivity contribution in [2.75, 3.05) is 0 Å². The van der Waals surface area contributed by atoms with Gasteiger partial charge in [-0.15, -0.1) is 0 Å². The molecule has 3 aromatic rings. The van der Waals surface area contributed by atoms with Gasteiger partial charge in [-0.1, -0.05) is 29.8 Å². The summed E-state index contributed by atoms with van der Waals surface area (Å²) < 4.78 is 15.7. The van der Waals surface area contributed by atoms with Crippen LogP contribution in [-0.4, -0.2) is 4.92 Å². The Morgan fingerprint density at radius 1 is 1.00 bits per heavy atom. The van der Waals surface area contributed by atoms with Gasteiger partial charge in [0.25, 0.3) is 5.69 Å². The van der Waals surface area contributed by atoms with Crippen molar-refractivity contribution in [1.29, 1.82) is 0 Å². The number of hydrogen-bond acceptors (Lipinski definition) is 2. The fraction of sp³-hybridized carbons (Fsp3) is 0.105. The number of nitro benzene ring substituents is 1. The summed E-state index contributed by atoms with van der Waals surface area (Å²) >= 11 is 6.05. The first kappa shape index (κ1) is 17.0. The van der Waals surface area contributed by atoms with Gasteiger partial charge < -0.3 is 0 Å². The smallest absolute Gasteiger partial charge is 0.258 e. The van der Waals surface area contributed by atoms with E-state index in [-0.39, 0.29) is 11.5 Å². The summed E-state index contributed by atoms with van der Waals surface area (Å²) in [4.78, 5) is 10.3. The number of nitro groups is 1. The molecular formula is C19H15ClFN2O2+. The third-order valence-corrected chi connectivity index (χ3v) is 4.27. The molecule has 0 saturated carbocycles. The van der Waals surface area contributed by atoms with Gasteiger partial charge in [0, 0.05) is 24.3 Å². The van der Waals surface area contributed by atoms with Gasteiger partial charge in [0.1, 0.15) is 5.82 Å². The maximum absolute atomic E-state index is 13.8. The molecule has 0 N–H and O–H groups in total. The van der Waals surface area contributed by atoms with Gasteiger partial charge in [-0.05, 0) is 29.7 Å². The molecule has 0 bridgehead atoms. The topological polar surface area (TPSA) is 47.0 Å². The van der Waals surface area contributed by atoms with Crippen LogP contribution in [0, 0.1) is 15.9 Å². The molecule has 126 valence electrons. The van der Waals surface area contributed by atoms with Crippen LogP contribution in [0.15, 0.2) is 67.0 Å². The predicted molar refractivity (Wildman–Crippen MR) is 93.1 cm³/mol. The molecule has 0 aliphatic rings. The van der Waals surface area contributed by atoms with Crippen molar-refractivity contribution in [2.24, 2.45) is 0 Å². The van der Waals surface area contributed by atoms with E-state index in [0.29, 0.717) is 23.6 Å². The summed E-state index contributed by atoms with van der Waals surface area (Å²) in [5.41, 5.74) is 2.58. The second kappa shape index (κ2) is 7.40. The fourth-order valence-electron chi connectivity index (χ4n) is 2.55. The minimum Gasteiger partial charge on any atom is -0.258 e. The summed E-state index contributed by atoms with van der Waals surface area (Å²) in [6, 6.07) is 15.0. The van der Waals surface area contributed by atoms with E-state index in [0.717, 1.165) is 11.1 Å². The molecule has 0 aliphatic heterocycles. The molecule has 0 radical (unpaired) electrons. The van der Waals surface area contributed by atoms with Crippen molar-refractivity contribution in [3.8, 4) is 0 Å². The SMILES string of the molecule is O=[N+]([O-])c1ccc(Cc2cc[n+](Cc3c(F)cccc3Cl)cc2)cc1. The largest absolute Gasteiger partial charge is 0.269 e. The average Bonchev–Trinajstić information content (AvgIpc) is 2.60. The molecule has 0 atom stereocenters. The van der Waals surface area contributed by atoms with Crippen molar-refractivity contribution < 1.29 is 13.9 Å². The number of aromatic nitrogens is 1. The van der Waals surface area contributed by atoms with Crippen molar-refractivity contribution in [3.05, 3.63) is 105 Å². The molecular weight excluding hydrogens is 343 g/mol. The van der Waals surface area contributed by atoms with Gasteiger partial charge >= 0.3 is 0 Å². The highest BCUT2D eigenvalue weighted by molar-refractivity contribution is 6.31. The lowest BCUT2D eigenvalue weighted by Crippen LogP contribution is -2.33. The van der Waals surface area contributed by atoms with Crippen LogP contribution < -0.4 is 4.57 Å². The summed E-state index contributed by atoms with van der Waals surface area (Å²) in [5.74, 6) is -0.324. The summed E-state index contributed by atoms with van der Waals surface area (Å²) in [5, 5.41) is 11.1. The predicted octanol–water partition coefficient (Wildman–Crippen LogP) is 4.31. The zero-order valence-corrected chi connectivity index (χ0v) is 14.0. The van der Waals surface area contributed by atoms with Crippen LogP contribution in [0.25, 0.3) is 0 Å². The van der Waals surface area contributed by atoms with Crippen molar-refractivity contribution in [1.82, 2.24) is 0 Å². The van der Waals surface area contributed by atoms with E-state index in [4.69, 9.17) is 11.6 Å². The number of hydrogen-bond donors (Lipinski definition) is 0. The van der Waals surface area contributed by atoms with Gasteiger partial charge in [-0.25, -0.2) is 8.96 Å². The molecule has 4 nitrogen and oxygen atoms in total. The van der Waals surface area contributed by atoms with Crippen LogP contribution in [-0.2, 0) is 13.0 Å². The number of non-ortho nitro benzene ring substituents is 1. The fourth-order valence-corrected chi connectivity index (χ4v) is 2.77. The first-order chi connectivity index (χ1) is 12.0. The third-order valence-electron chi connectivity index (χ3n) is 3.92. The molecule has 0 aliphatic carbocycles. The summed E-state index contributed by atoms with van der Waals surface area (Å²) in [7, 11) is 0. The monoisotopic (exact) mass is 357 g/mol. The Morgan fingerprint density at radius 3 is 2.24 bits per heavy atom. The lowest BCUT2D eigenvalue weighted by atomic mass is 10.1. The Bertz CT molecular complexity index is 876. The zero-order valence-electron chi connectivity index (χ0n) is 13.2. The first-order valence-corrected chi connectivity index (χ1v) is 8.05. The van der Waals surface area contributed by atoms with Gasteiger partial charge in [-0.3, -0.25) is 10.1 Å². The van der Waals surface area contributed by atoms with Crippen LogP contribution in [0.2, 0.25) is 5.02 Å². The van der Waals surface area contributed by atoms with Crippen LogP contribution in [0.3, 0.4) is 0 Å². The minimum absolute atomic E-state index is 0.0800. The third kappa shape index (κ3) is 4.19. The number of nitrogens with zero attached hydrogens (tertiary/aromatic N) is 2. The number of benzene rings is 2. The Morgan fingerprint density at radius 2 is 1.64 bits per heavy atom. The number of pyridine rings is 1. The molecule has 6 heteroatoms. The zero-order chi connectivity index (χ0) is 17.8. The van der Waals surface area contributed by atoms with E-state index < -0.39 is 4.92 Å². The Balaban J connectivity index is 1.71. The highest BCUT2D eigenvalue weighted by Gasteiger charge is 2.12. The standard InChI is InChI=1S/C19H15ClFN2O2/c20-18-2-1-3-19(21)17(18)13-22-10-8-15(9-11-22)12-14-4-6-16(7-5-14)23(24)25/h1-11H,12-13H2/q+1. The molecule has 0 spiro atoms. The van der Waals surface area contributed by atoms with Crippen molar-refractivity contribution >= 4 is 17.3 Å². The van der Waals surface area contributed by atoms with Gasteiger partial charge in [0.2, 0.25) is 0 Å². The quantitative estimate of drug-likeness (QED) is 0.388. The van der Waals surface area contributed by atoms with Crippen LogP contribution in [0.4, 0.5) is 10.1 Å². The Hall–Kier alpha value is -2.79. The Kier molecular flexibility index (Phi) is 5.05. The summed E-state index contributed by atoms with van der Waals surface area (Å²) in [6.07, 6.45) is 4.40. The van der Waals surface area contributed by atoms with Crippen LogP contribution >= 0.6 is 11.6 Å². The second-order valence-electron chi connectivity index (χ2n) is 5.68. The number of halogens is 2. The van der Waals surface area contributed by atoms with E-state index in [2.05, 4.69) is 0 Å². The lowest BCUT2D eigenvalue weighted by molar-refractivity contribution is -0.688. The summed E-state index contributed by atoms with van der Waals surface area (Å²) in [6.45, 7) is 0.351. The lowest BCUT2D eigenvalue weighted by Gasteiger charge is -2.04. The van der Waals surface area contributed by atoms with E-state index in [1.54, 1.807) is 24.3 Å². The van der Waals surface area contributed by atoms with E-state index in [9.17, 15) is 14.5 Å². The molecule has 25 heavy (non-hydrogen) atoms. The van der Waals surface area contributed by atoms with Gasteiger partial charge in [0.05, 0.1) is 15.5 Å². The van der Waals surface area contributed by atoms with Crippen LogP contribution in [0.5, 0.6) is 0 Å². The van der Waals surface area contributed by atoms with Crippen molar-refractivity contribution in [3.63, 3.8) is 0 Å².